The van der Waals surface area contributed by atoms with Crippen molar-refractivity contribution in [1.82, 2.24) is 15.1 Å². The summed E-state index contributed by atoms with van der Waals surface area (Å²) < 4.78 is 16.3. The minimum Gasteiger partial charge on any atom is -0.486 e. The maximum atomic E-state index is 12.1. The zero-order valence-electron chi connectivity index (χ0n) is 15.7. The van der Waals surface area contributed by atoms with Crippen LogP contribution in [0.4, 0.5) is 0 Å². The second-order valence-electron chi connectivity index (χ2n) is 6.95. The molecule has 7 nitrogen and oxygen atoms in total. The highest BCUT2D eigenvalue weighted by Crippen LogP contribution is 2.31. The van der Waals surface area contributed by atoms with Crippen molar-refractivity contribution < 1.29 is 19.0 Å². The van der Waals surface area contributed by atoms with Crippen LogP contribution in [0.5, 0.6) is 11.5 Å². The van der Waals surface area contributed by atoms with E-state index < -0.39 is 0 Å². The lowest BCUT2D eigenvalue weighted by molar-refractivity contribution is -0.123. The van der Waals surface area contributed by atoms with E-state index in [1.54, 1.807) is 7.11 Å². The van der Waals surface area contributed by atoms with Crippen molar-refractivity contribution in [3.63, 3.8) is 0 Å². The maximum absolute atomic E-state index is 12.1. The number of carbonyl (C=O) groups excluding carboxylic acids is 1. The topological polar surface area (TPSA) is 63.3 Å². The molecule has 0 aromatic heterocycles. The van der Waals surface area contributed by atoms with E-state index in [1.165, 1.54) is 5.56 Å². The Balaban J connectivity index is 1.42. The fourth-order valence-electron chi connectivity index (χ4n) is 3.37. The summed E-state index contributed by atoms with van der Waals surface area (Å²) in [5, 5.41) is 2.96. The predicted molar refractivity (Wildman–Crippen MR) is 98.6 cm³/mol. The molecule has 0 spiro atoms. The van der Waals surface area contributed by atoms with Gasteiger partial charge in [-0.1, -0.05) is 6.07 Å². The second-order valence-corrected chi connectivity index (χ2v) is 6.95. The van der Waals surface area contributed by atoms with Crippen molar-refractivity contribution in [1.29, 1.82) is 0 Å². The van der Waals surface area contributed by atoms with Crippen LogP contribution in [0.1, 0.15) is 12.5 Å². The van der Waals surface area contributed by atoms with Gasteiger partial charge in [0.15, 0.2) is 11.5 Å². The highest BCUT2D eigenvalue weighted by atomic mass is 16.6. The number of hydrogen-bond acceptors (Lipinski definition) is 6. The van der Waals surface area contributed by atoms with Gasteiger partial charge in [0.25, 0.3) is 0 Å². The van der Waals surface area contributed by atoms with Crippen molar-refractivity contribution in [3.8, 4) is 11.5 Å². The van der Waals surface area contributed by atoms with E-state index >= 15 is 0 Å². The van der Waals surface area contributed by atoms with Gasteiger partial charge >= 0.3 is 0 Å². The first-order valence-electron chi connectivity index (χ1n) is 9.25. The molecule has 2 aliphatic rings. The molecule has 0 aliphatic carbocycles. The normalized spacial score (nSPS) is 19.2. The minimum absolute atomic E-state index is 0.0454. The summed E-state index contributed by atoms with van der Waals surface area (Å²) in [6.07, 6.45) is 0. The molecule has 26 heavy (non-hydrogen) atoms. The molecule has 1 amide bonds. The van der Waals surface area contributed by atoms with Crippen LogP contribution in [0.15, 0.2) is 18.2 Å². The third-order valence-corrected chi connectivity index (χ3v) is 4.67. The van der Waals surface area contributed by atoms with Gasteiger partial charge in [0.05, 0.1) is 13.2 Å². The van der Waals surface area contributed by atoms with Gasteiger partial charge in [0.1, 0.15) is 13.2 Å². The smallest absolute Gasteiger partial charge is 0.234 e. The number of nitrogens with zero attached hydrogens (tertiary/aromatic N) is 2. The molecule has 1 N–H and O–H groups in total. The molecule has 3 rings (SSSR count). The van der Waals surface area contributed by atoms with Crippen molar-refractivity contribution in [2.24, 2.45) is 0 Å². The first-order chi connectivity index (χ1) is 12.6. The van der Waals surface area contributed by atoms with Gasteiger partial charge in [0.2, 0.25) is 5.91 Å². The fourth-order valence-corrected chi connectivity index (χ4v) is 3.37. The third-order valence-electron chi connectivity index (χ3n) is 4.67. The zero-order chi connectivity index (χ0) is 18.4. The van der Waals surface area contributed by atoms with Gasteiger partial charge in [-0.3, -0.25) is 14.6 Å². The highest BCUT2D eigenvalue weighted by Gasteiger charge is 2.20. The Labute approximate surface area is 155 Å². The number of fused-ring (bicyclic) bond motifs is 1. The summed E-state index contributed by atoms with van der Waals surface area (Å²) in [7, 11) is 1.64. The molecule has 0 saturated carbocycles. The minimum atomic E-state index is 0.0454. The third kappa shape index (κ3) is 5.33. The SMILES string of the molecule is COC[C@@H](C)NC(=O)CN1CCN(Cc2ccc3c(c2)OCCO3)CC1. The van der Waals surface area contributed by atoms with E-state index in [1.807, 2.05) is 13.0 Å². The van der Waals surface area contributed by atoms with Crippen molar-refractivity contribution in [2.45, 2.75) is 19.5 Å². The molecule has 1 saturated heterocycles. The second kappa shape index (κ2) is 9.21. The van der Waals surface area contributed by atoms with Crippen LogP contribution < -0.4 is 14.8 Å². The number of amides is 1. The van der Waals surface area contributed by atoms with Crippen LogP contribution >= 0.6 is 0 Å². The van der Waals surface area contributed by atoms with E-state index in [0.717, 1.165) is 44.2 Å². The highest BCUT2D eigenvalue weighted by molar-refractivity contribution is 5.78. The molecule has 2 aliphatic heterocycles. The Morgan fingerprint density at radius 2 is 1.85 bits per heavy atom. The molecule has 7 heteroatoms. The average molecular weight is 363 g/mol. The first-order valence-corrected chi connectivity index (χ1v) is 9.25. The van der Waals surface area contributed by atoms with Crippen LogP contribution in [-0.4, -0.2) is 81.4 Å². The lowest BCUT2D eigenvalue weighted by atomic mass is 10.1. The number of carbonyl (C=O) groups is 1. The number of piperazine rings is 1. The molecule has 1 fully saturated rings. The van der Waals surface area contributed by atoms with Crippen LogP contribution in [0.2, 0.25) is 0 Å². The molecule has 1 aromatic carbocycles. The van der Waals surface area contributed by atoms with E-state index in [4.69, 9.17) is 14.2 Å². The van der Waals surface area contributed by atoms with Gasteiger partial charge in [-0.25, -0.2) is 0 Å². The summed E-state index contributed by atoms with van der Waals surface area (Å²) in [5.74, 6) is 1.74. The largest absolute Gasteiger partial charge is 0.486 e. The molecular formula is C19H29N3O4. The Kier molecular flexibility index (Phi) is 6.71. The number of benzene rings is 1. The molecule has 1 aromatic rings. The summed E-state index contributed by atoms with van der Waals surface area (Å²) >= 11 is 0. The zero-order valence-corrected chi connectivity index (χ0v) is 15.7. The summed E-state index contributed by atoms with van der Waals surface area (Å²) in [6.45, 7) is 8.76. The average Bonchev–Trinajstić information content (AvgIpc) is 2.63. The predicted octanol–water partition coefficient (Wildman–Crippen LogP) is 0.727. The van der Waals surface area contributed by atoms with Crippen LogP contribution in [0, 0.1) is 0 Å². The molecular weight excluding hydrogens is 334 g/mol. The Bertz CT molecular complexity index is 602. The van der Waals surface area contributed by atoms with Crippen LogP contribution in [-0.2, 0) is 16.1 Å². The lowest BCUT2D eigenvalue weighted by Gasteiger charge is -2.34. The number of ether oxygens (including phenoxy) is 3. The van der Waals surface area contributed by atoms with Gasteiger partial charge in [0, 0.05) is 45.9 Å². The fraction of sp³-hybridized carbons (Fsp3) is 0.632. The van der Waals surface area contributed by atoms with Crippen molar-refractivity contribution in [2.75, 3.05) is 59.7 Å². The van der Waals surface area contributed by atoms with E-state index in [9.17, 15) is 4.79 Å². The van der Waals surface area contributed by atoms with Crippen LogP contribution in [0.3, 0.4) is 0 Å². The Morgan fingerprint density at radius 1 is 1.15 bits per heavy atom. The summed E-state index contributed by atoms with van der Waals surface area (Å²) in [6, 6.07) is 6.21. The molecule has 1 atom stereocenters. The van der Waals surface area contributed by atoms with Gasteiger partial charge < -0.3 is 19.5 Å². The molecule has 0 radical (unpaired) electrons. The monoisotopic (exact) mass is 363 g/mol. The number of methoxy groups -OCH3 is 1. The van der Waals surface area contributed by atoms with Crippen molar-refractivity contribution in [3.05, 3.63) is 23.8 Å². The quantitative estimate of drug-likeness (QED) is 0.771. The van der Waals surface area contributed by atoms with E-state index in [2.05, 4.69) is 27.2 Å². The van der Waals surface area contributed by atoms with Crippen LogP contribution in [0.25, 0.3) is 0 Å². The summed E-state index contributed by atoms with van der Waals surface area (Å²) in [5.41, 5.74) is 1.23. The van der Waals surface area contributed by atoms with Gasteiger partial charge in [-0.15, -0.1) is 0 Å². The first kappa shape index (κ1) is 18.9. The standard InChI is InChI=1S/C19H29N3O4/c1-15(14-24-2)20-19(23)13-22-7-5-21(6-8-22)12-16-3-4-17-18(11-16)26-10-9-25-17/h3-4,11,15H,5-10,12-14H2,1-2H3,(H,20,23)/t15-/m1/s1. The number of rotatable bonds is 7. The van der Waals surface area contributed by atoms with E-state index in [-0.39, 0.29) is 11.9 Å². The summed E-state index contributed by atoms with van der Waals surface area (Å²) in [4.78, 5) is 16.7. The lowest BCUT2D eigenvalue weighted by Crippen LogP contribution is -2.50. The molecule has 144 valence electrons. The molecule has 2 heterocycles. The maximum Gasteiger partial charge on any atom is 0.234 e. The van der Waals surface area contributed by atoms with Gasteiger partial charge in [-0.05, 0) is 24.6 Å². The number of hydrogen-bond donors (Lipinski definition) is 1. The molecule has 0 bridgehead atoms. The van der Waals surface area contributed by atoms with Gasteiger partial charge in [-0.2, -0.15) is 0 Å². The number of nitrogens with one attached hydrogen (secondary N) is 1. The molecule has 0 unspecified atom stereocenters. The Morgan fingerprint density at radius 3 is 2.58 bits per heavy atom. The van der Waals surface area contributed by atoms with Crippen molar-refractivity contribution >= 4 is 5.91 Å². The van der Waals surface area contributed by atoms with E-state index in [0.29, 0.717) is 26.4 Å². The Hall–Kier alpha value is -1.83.